The van der Waals surface area contributed by atoms with Crippen molar-refractivity contribution < 1.29 is 0 Å². The van der Waals surface area contributed by atoms with E-state index in [0.29, 0.717) is 0 Å². The molecular formula is C16H18ClN. The lowest BCUT2D eigenvalue weighted by molar-refractivity contribution is 0.688. The first-order chi connectivity index (χ1) is 8.81. The van der Waals surface area contributed by atoms with Crippen molar-refractivity contribution in [1.29, 1.82) is 0 Å². The fraction of sp³-hybridized carbons (Fsp3) is 0.250. The zero-order valence-corrected chi connectivity index (χ0v) is 11.4. The molecule has 0 radical (unpaired) electrons. The predicted octanol–water partition coefficient (Wildman–Crippen LogP) is 4.19. The second-order valence-corrected chi connectivity index (χ2v) is 4.72. The molecule has 0 aliphatic heterocycles. The maximum absolute atomic E-state index is 6.12. The molecule has 0 unspecified atom stereocenters. The molecule has 0 heterocycles. The summed E-state index contributed by atoms with van der Waals surface area (Å²) >= 11 is 6.12. The molecule has 18 heavy (non-hydrogen) atoms. The van der Waals surface area contributed by atoms with Gasteiger partial charge < -0.3 is 5.32 Å². The van der Waals surface area contributed by atoms with Gasteiger partial charge in [-0.05, 0) is 29.2 Å². The first-order valence-corrected chi connectivity index (χ1v) is 6.70. The number of benzene rings is 2. The van der Waals surface area contributed by atoms with Gasteiger partial charge in [0, 0.05) is 18.1 Å². The molecule has 2 rings (SSSR count). The van der Waals surface area contributed by atoms with E-state index < -0.39 is 0 Å². The average Bonchev–Trinajstić information content (AvgIpc) is 2.41. The maximum Gasteiger partial charge on any atom is 0.0450 e. The van der Waals surface area contributed by atoms with E-state index >= 15 is 0 Å². The van der Waals surface area contributed by atoms with Crippen molar-refractivity contribution in [3.05, 3.63) is 70.2 Å². The summed E-state index contributed by atoms with van der Waals surface area (Å²) in [6.45, 7) is 3.87. The lowest BCUT2D eigenvalue weighted by Crippen LogP contribution is -2.14. The summed E-state index contributed by atoms with van der Waals surface area (Å²) in [5.74, 6) is 0. The Labute approximate surface area is 114 Å². The molecule has 0 aromatic heterocycles. The van der Waals surface area contributed by atoms with Gasteiger partial charge in [-0.15, -0.1) is 0 Å². The molecule has 2 aromatic carbocycles. The predicted molar refractivity (Wildman–Crippen MR) is 77.8 cm³/mol. The number of nitrogens with one attached hydrogen (secondary N) is 1. The summed E-state index contributed by atoms with van der Waals surface area (Å²) in [7, 11) is 0. The number of halogens is 1. The molecule has 0 saturated heterocycles. The third-order valence-corrected chi connectivity index (χ3v) is 3.46. The van der Waals surface area contributed by atoms with E-state index in [1.807, 2.05) is 18.2 Å². The van der Waals surface area contributed by atoms with Crippen LogP contribution in [0.5, 0.6) is 0 Å². The minimum absolute atomic E-state index is 0.803. The average molecular weight is 260 g/mol. The van der Waals surface area contributed by atoms with Crippen molar-refractivity contribution >= 4 is 11.6 Å². The molecule has 1 nitrogen and oxygen atoms in total. The SMILES string of the molecule is CCc1ccccc1CNCc1ccccc1Cl. The van der Waals surface area contributed by atoms with Gasteiger partial charge in [-0.1, -0.05) is 61.0 Å². The largest absolute Gasteiger partial charge is 0.309 e. The zero-order valence-electron chi connectivity index (χ0n) is 10.6. The van der Waals surface area contributed by atoms with Gasteiger partial charge >= 0.3 is 0 Å². The molecular weight excluding hydrogens is 242 g/mol. The third kappa shape index (κ3) is 3.34. The van der Waals surface area contributed by atoms with Crippen molar-refractivity contribution in [1.82, 2.24) is 5.32 Å². The lowest BCUT2D eigenvalue weighted by atomic mass is 10.1. The first kappa shape index (κ1) is 13.1. The topological polar surface area (TPSA) is 12.0 Å². The fourth-order valence-corrected chi connectivity index (χ4v) is 2.25. The van der Waals surface area contributed by atoms with E-state index in [2.05, 4.69) is 42.6 Å². The van der Waals surface area contributed by atoms with Gasteiger partial charge in [0.25, 0.3) is 0 Å². The second kappa shape index (κ2) is 6.58. The number of hydrogen-bond acceptors (Lipinski definition) is 1. The van der Waals surface area contributed by atoms with Gasteiger partial charge in [0.15, 0.2) is 0 Å². The third-order valence-electron chi connectivity index (χ3n) is 3.09. The van der Waals surface area contributed by atoms with Crippen LogP contribution in [0.2, 0.25) is 5.02 Å². The van der Waals surface area contributed by atoms with Crippen LogP contribution >= 0.6 is 11.6 Å². The smallest absolute Gasteiger partial charge is 0.0450 e. The Balaban J connectivity index is 1.95. The summed E-state index contributed by atoms with van der Waals surface area (Å²) < 4.78 is 0. The van der Waals surface area contributed by atoms with E-state index in [-0.39, 0.29) is 0 Å². The highest BCUT2D eigenvalue weighted by atomic mass is 35.5. The van der Waals surface area contributed by atoms with E-state index in [0.717, 1.165) is 30.1 Å². The highest BCUT2D eigenvalue weighted by Crippen LogP contribution is 2.15. The highest BCUT2D eigenvalue weighted by Gasteiger charge is 2.01. The van der Waals surface area contributed by atoms with Crippen LogP contribution in [0.4, 0.5) is 0 Å². The molecule has 94 valence electrons. The Kier molecular flexibility index (Phi) is 4.80. The van der Waals surface area contributed by atoms with Crippen molar-refractivity contribution in [3.63, 3.8) is 0 Å². The molecule has 2 aromatic rings. The van der Waals surface area contributed by atoms with Crippen LogP contribution in [0, 0.1) is 0 Å². The molecule has 1 N–H and O–H groups in total. The second-order valence-electron chi connectivity index (χ2n) is 4.32. The zero-order chi connectivity index (χ0) is 12.8. The highest BCUT2D eigenvalue weighted by molar-refractivity contribution is 6.31. The minimum atomic E-state index is 0.803. The number of aryl methyl sites for hydroxylation is 1. The number of rotatable bonds is 5. The summed E-state index contributed by atoms with van der Waals surface area (Å²) in [6, 6.07) is 16.5. The molecule has 0 atom stereocenters. The maximum atomic E-state index is 6.12. The summed E-state index contributed by atoms with van der Waals surface area (Å²) in [6.07, 6.45) is 1.07. The Bertz CT molecular complexity index is 508. The van der Waals surface area contributed by atoms with Gasteiger partial charge in [0.2, 0.25) is 0 Å². The van der Waals surface area contributed by atoms with Crippen LogP contribution in [-0.4, -0.2) is 0 Å². The molecule has 2 heteroatoms. The molecule has 0 bridgehead atoms. The van der Waals surface area contributed by atoms with Crippen LogP contribution in [0.3, 0.4) is 0 Å². The summed E-state index contributed by atoms with van der Waals surface area (Å²) in [5, 5.41) is 4.28. The minimum Gasteiger partial charge on any atom is -0.309 e. The molecule has 0 aliphatic carbocycles. The van der Waals surface area contributed by atoms with E-state index in [9.17, 15) is 0 Å². The van der Waals surface area contributed by atoms with Crippen LogP contribution < -0.4 is 5.32 Å². The van der Waals surface area contributed by atoms with Crippen molar-refractivity contribution in [2.75, 3.05) is 0 Å². The monoisotopic (exact) mass is 259 g/mol. The van der Waals surface area contributed by atoms with Crippen LogP contribution in [0.1, 0.15) is 23.6 Å². The van der Waals surface area contributed by atoms with Gasteiger partial charge in [-0.3, -0.25) is 0 Å². The van der Waals surface area contributed by atoms with E-state index in [1.54, 1.807) is 0 Å². The van der Waals surface area contributed by atoms with Crippen LogP contribution in [-0.2, 0) is 19.5 Å². The Morgan fingerprint density at radius 3 is 2.06 bits per heavy atom. The van der Waals surface area contributed by atoms with Crippen LogP contribution in [0.15, 0.2) is 48.5 Å². The normalized spacial score (nSPS) is 10.6. The van der Waals surface area contributed by atoms with Crippen LogP contribution in [0.25, 0.3) is 0 Å². The van der Waals surface area contributed by atoms with E-state index in [1.165, 1.54) is 11.1 Å². The van der Waals surface area contributed by atoms with Crippen molar-refractivity contribution in [2.24, 2.45) is 0 Å². The van der Waals surface area contributed by atoms with Gasteiger partial charge in [-0.2, -0.15) is 0 Å². The molecule has 0 amide bonds. The molecule has 0 spiro atoms. The van der Waals surface area contributed by atoms with E-state index in [4.69, 9.17) is 11.6 Å². The Morgan fingerprint density at radius 1 is 0.833 bits per heavy atom. The Hall–Kier alpha value is -1.31. The molecule has 0 fully saturated rings. The van der Waals surface area contributed by atoms with Gasteiger partial charge in [0.05, 0.1) is 0 Å². The molecule has 0 aliphatic rings. The summed E-state index contributed by atoms with van der Waals surface area (Å²) in [5.41, 5.74) is 3.92. The standard InChI is InChI=1S/C16H18ClN/c1-2-13-7-3-4-8-14(13)11-18-12-15-9-5-6-10-16(15)17/h3-10,18H,2,11-12H2,1H3. The lowest BCUT2D eigenvalue weighted by Gasteiger charge is -2.10. The van der Waals surface area contributed by atoms with Gasteiger partial charge in [-0.25, -0.2) is 0 Å². The fourth-order valence-electron chi connectivity index (χ4n) is 2.05. The Morgan fingerprint density at radius 2 is 1.39 bits per heavy atom. The van der Waals surface area contributed by atoms with Crippen molar-refractivity contribution in [3.8, 4) is 0 Å². The number of hydrogen-bond donors (Lipinski definition) is 1. The van der Waals surface area contributed by atoms with Crippen molar-refractivity contribution in [2.45, 2.75) is 26.4 Å². The summed E-state index contributed by atoms with van der Waals surface area (Å²) in [4.78, 5) is 0. The molecule has 0 saturated carbocycles. The van der Waals surface area contributed by atoms with Gasteiger partial charge in [0.1, 0.15) is 0 Å². The first-order valence-electron chi connectivity index (χ1n) is 6.32. The quantitative estimate of drug-likeness (QED) is 0.849.